The van der Waals surface area contributed by atoms with Gasteiger partial charge in [-0.2, -0.15) is 0 Å². The van der Waals surface area contributed by atoms with E-state index in [9.17, 15) is 0 Å². The zero-order valence-corrected chi connectivity index (χ0v) is 6.02. The number of hydrogen-bond donors (Lipinski definition) is 2. The maximum absolute atomic E-state index is 9.00. The molecular formula is CH6BNO2Zr. The van der Waals surface area contributed by atoms with Crippen molar-refractivity contribution in [2.24, 2.45) is 0 Å². The van der Waals surface area contributed by atoms with Crippen LogP contribution in [0.3, 0.4) is 0 Å². The Labute approximate surface area is 56.2 Å². The Morgan fingerprint density at radius 1 is 1.67 bits per heavy atom. The minimum absolute atomic E-state index is 0. The largest absolute Gasteiger partial charge is 0.490 e. The molecule has 0 aromatic rings. The molecular weight excluding hydrogens is 160 g/mol. The third-order valence-electron chi connectivity index (χ3n) is 0. The van der Waals surface area contributed by atoms with Gasteiger partial charge in [0.1, 0.15) is 0 Å². The van der Waals surface area contributed by atoms with Gasteiger partial charge in [0.05, 0.1) is 0 Å². The van der Waals surface area contributed by atoms with Crippen LogP contribution in [-0.4, -0.2) is 18.8 Å². The molecule has 0 aliphatic carbocycles. The van der Waals surface area contributed by atoms with Crippen LogP contribution in [0, 0.1) is 0 Å². The second-order valence-corrected chi connectivity index (χ2v) is 0.519. The predicted octanol–water partition coefficient (Wildman–Crippen LogP) is -0.543. The number of hydrogen-bond acceptors (Lipinski definition) is 2. The van der Waals surface area contributed by atoms with E-state index >= 15 is 0 Å². The van der Waals surface area contributed by atoms with Crippen molar-refractivity contribution in [1.82, 2.24) is 6.15 Å². The van der Waals surface area contributed by atoms with Gasteiger partial charge in [0.15, 0.2) is 0 Å². The molecule has 0 radical (unpaired) electrons. The summed E-state index contributed by atoms with van der Waals surface area (Å²) in [5.74, 6) is -0.833. The quantitative estimate of drug-likeness (QED) is 0.474. The van der Waals surface area contributed by atoms with Crippen LogP contribution in [0.4, 0.5) is 4.79 Å². The Morgan fingerprint density at radius 3 is 1.67 bits per heavy atom. The van der Waals surface area contributed by atoms with Crippen LogP contribution in [0.2, 0.25) is 0 Å². The van der Waals surface area contributed by atoms with Gasteiger partial charge < -0.3 is 11.3 Å². The van der Waals surface area contributed by atoms with Gasteiger partial charge in [-0.3, -0.25) is 4.79 Å². The molecule has 0 saturated carbocycles. The molecule has 0 aliphatic rings. The molecule has 0 heterocycles. The third-order valence-corrected chi connectivity index (χ3v) is 0. The zero-order chi connectivity index (χ0) is 3.58. The van der Waals surface area contributed by atoms with Crippen molar-refractivity contribution in [3.8, 4) is 0 Å². The molecule has 0 rings (SSSR count). The van der Waals surface area contributed by atoms with Crippen molar-refractivity contribution in [1.29, 1.82) is 0 Å². The normalized spacial score (nSPS) is 4.00. The second-order valence-electron chi connectivity index (χ2n) is 0.519. The maximum Gasteiger partial charge on any atom is 0.242 e. The monoisotopic (exact) mass is 165 g/mol. The molecule has 5 heteroatoms. The van der Waals surface area contributed by atoms with E-state index in [0.717, 1.165) is 7.85 Å². The average Bonchev–Trinajstić information content (AvgIpc) is 0.811. The van der Waals surface area contributed by atoms with Crippen molar-refractivity contribution in [3.05, 3.63) is 0 Å². The number of carbonyl (C=O) groups is 1. The fourth-order valence-electron chi connectivity index (χ4n) is 0. The first-order valence-electron chi connectivity index (χ1n) is 0.928. The smallest absolute Gasteiger partial charge is 0.242 e. The summed E-state index contributed by atoms with van der Waals surface area (Å²) in [6.07, 6.45) is 0. The summed E-state index contributed by atoms with van der Waals surface area (Å²) in [5.41, 5.74) is 0. The summed E-state index contributed by atoms with van der Waals surface area (Å²) in [5, 5.41) is 7.42. The summed E-state index contributed by atoms with van der Waals surface area (Å²) in [6, 6.07) is 0. The van der Waals surface area contributed by atoms with E-state index in [0.29, 0.717) is 0 Å². The molecule has 0 atom stereocenters. The summed E-state index contributed by atoms with van der Waals surface area (Å²) in [6.45, 7) is 0. The second kappa shape index (κ2) is 9.03. The third kappa shape index (κ3) is 350. The van der Waals surface area contributed by atoms with Gasteiger partial charge in [-0.25, -0.2) is 0 Å². The van der Waals surface area contributed by atoms with Crippen molar-refractivity contribution in [3.63, 3.8) is 0 Å². The van der Waals surface area contributed by atoms with Crippen molar-refractivity contribution in [2.75, 3.05) is 0 Å². The van der Waals surface area contributed by atoms with E-state index < -0.39 is 5.87 Å². The van der Waals surface area contributed by atoms with Crippen LogP contribution >= 0.6 is 0 Å². The van der Waals surface area contributed by atoms with Gasteiger partial charge in [-0.05, 0) is 0 Å². The van der Waals surface area contributed by atoms with Crippen LogP contribution in [0.25, 0.3) is 0 Å². The SMILES string of the molecule is BC(=O)O.N.[Zr]. The Bertz CT molecular complexity index is 36.5. The van der Waals surface area contributed by atoms with Gasteiger partial charge >= 0.3 is 0 Å². The van der Waals surface area contributed by atoms with Gasteiger partial charge in [0, 0.05) is 26.2 Å². The van der Waals surface area contributed by atoms with Crippen LogP contribution in [-0.2, 0) is 26.2 Å². The van der Waals surface area contributed by atoms with Crippen LogP contribution in [0.5, 0.6) is 0 Å². The van der Waals surface area contributed by atoms with Gasteiger partial charge in [0.2, 0.25) is 13.7 Å². The fourth-order valence-corrected chi connectivity index (χ4v) is 0. The molecule has 0 amide bonds. The first-order valence-corrected chi connectivity index (χ1v) is 0.928. The van der Waals surface area contributed by atoms with E-state index in [1.807, 2.05) is 0 Å². The fraction of sp³-hybridized carbons (Fsp3) is 0. The molecule has 0 aliphatic heterocycles. The van der Waals surface area contributed by atoms with Gasteiger partial charge in [-0.15, -0.1) is 0 Å². The molecule has 3 nitrogen and oxygen atoms in total. The molecule has 0 spiro atoms. The first kappa shape index (κ1) is 16.2. The molecule has 0 unspecified atom stereocenters. The molecule has 0 aromatic heterocycles. The van der Waals surface area contributed by atoms with Crippen LogP contribution in [0.15, 0.2) is 0 Å². The molecule has 0 aromatic carbocycles. The average molecular weight is 166 g/mol. The Kier molecular flexibility index (Phi) is 24.3. The van der Waals surface area contributed by atoms with E-state index in [2.05, 4.69) is 0 Å². The van der Waals surface area contributed by atoms with Crippen molar-refractivity contribution < 1.29 is 36.1 Å². The molecule has 34 valence electrons. The Balaban J connectivity index is -0.0000000450. The topological polar surface area (TPSA) is 72.3 Å². The summed E-state index contributed by atoms with van der Waals surface area (Å²) in [7, 11) is 1.08. The predicted molar refractivity (Wildman–Crippen MR) is 21.6 cm³/mol. The number of rotatable bonds is 0. The van der Waals surface area contributed by atoms with E-state index in [4.69, 9.17) is 9.90 Å². The minimum Gasteiger partial charge on any atom is -0.490 e. The van der Waals surface area contributed by atoms with Gasteiger partial charge in [-0.1, -0.05) is 0 Å². The van der Waals surface area contributed by atoms with E-state index in [1.165, 1.54) is 0 Å². The summed E-state index contributed by atoms with van der Waals surface area (Å²) in [4.78, 5) is 9.00. The number of carboxylic acid groups (broad SMARTS) is 1. The zero-order valence-electron chi connectivity index (χ0n) is 3.56. The molecule has 0 saturated heterocycles. The van der Waals surface area contributed by atoms with Crippen molar-refractivity contribution >= 4 is 13.7 Å². The Morgan fingerprint density at radius 2 is 1.67 bits per heavy atom. The van der Waals surface area contributed by atoms with Crippen molar-refractivity contribution in [2.45, 2.75) is 0 Å². The van der Waals surface area contributed by atoms with E-state index in [-0.39, 0.29) is 32.4 Å². The summed E-state index contributed by atoms with van der Waals surface area (Å²) < 4.78 is 0. The minimum atomic E-state index is -0.833. The maximum atomic E-state index is 9.00. The summed E-state index contributed by atoms with van der Waals surface area (Å²) >= 11 is 0. The molecule has 4 N–H and O–H groups in total. The molecule has 6 heavy (non-hydrogen) atoms. The Hall–Kier alpha value is 0.378. The standard InChI is InChI=1S/CH3BO2.H3N.Zr/c2-1(3)4;;/h2H2,(H,3,4);1H3;. The van der Waals surface area contributed by atoms with Gasteiger partial charge in [0.25, 0.3) is 0 Å². The van der Waals surface area contributed by atoms with E-state index in [1.54, 1.807) is 0 Å². The van der Waals surface area contributed by atoms with Crippen LogP contribution in [0.1, 0.15) is 0 Å². The first-order chi connectivity index (χ1) is 1.73. The molecule has 0 fully saturated rings. The molecule has 0 bridgehead atoms. The van der Waals surface area contributed by atoms with Crippen LogP contribution < -0.4 is 6.15 Å².